The molecule has 0 aromatic heterocycles. The number of ether oxygens (including phenoxy) is 1. The van der Waals surface area contributed by atoms with Gasteiger partial charge in [0.15, 0.2) is 0 Å². The van der Waals surface area contributed by atoms with Gasteiger partial charge in [0.25, 0.3) is 0 Å². The Balaban J connectivity index is 2.59. The molecule has 88 valence electrons. The highest BCUT2D eigenvalue weighted by atomic mass is 16.5. The highest BCUT2D eigenvalue weighted by Gasteiger charge is 2.04. The van der Waals surface area contributed by atoms with Gasteiger partial charge in [-0.2, -0.15) is 0 Å². The molecule has 0 aliphatic heterocycles. The van der Waals surface area contributed by atoms with Crippen molar-refractivity contribution in [3.63, 3.8) is 0 Å². The highest BCUT2D eigenvalue weighted by molar-refractivity contribution is 5.93. The molecule has 1 amide bonds. The van der Waals surface area contributed by atoms with Crippen LogP contribution in [-0.4, -0.2) is 25.2 Å². The third-order valence-corrected chi connectivity index (χ3v) is 2.13. The standard InChI is InChI=1S/C12H18N2O2/c1-3-16-8-9(2)14-11-6-4-5-10(7-11)12(13)15/h4-7,9,14H,3,8H2,1-2H3,(H2,13,15). The lowest BCUT2D eigenvalue weighted by atomic mass is 10.2. The Bertz CT molecular complexity index is 353. The molecule has 0 bridgehead atoms. The van der Waals surface area contributed by atoms with Gasteiger partial charge in [0.05, 0.1) is 6.61 Å². The Morgan fingerprint density at radius 3 is 2.94 bits per heavy atom. The molecule has 0 aliphatic carbocycles. The Labute approximate surface area is 95.8 Å². The Morgan fingerprint density at radius 1 is 1.56 bits per heavy atom. The summed E-state index contributed by atoms with van der Waals surface area (Å²) in [6.07, 6.45) is 0. The lowest BCUT2D eigenvalue weighted by Gasteiger charge is -2.15. The van der Waals surface area contributed by atoms with Crippen LogP contribution in [0.3, 0.4) is 0 Å². The van der Waals surface area contributed by atoms with E-state index in [1.165, 1.54) is 0 Å². The molecule has 1 aromatic carbocycles. The number of nitrogens with one attached hydrogen (secondary N) is 1. The smallest absolute Gasteiger partial charge is 0.248 e. The molecule has 1 rings (SSSR count). The number of hydrogen-bond donors (Lipinski definition) is 2. The normalized spacial score (nSPS) is 12.1. The van der Waals surface area contributed by atoms with Gasteiger partial charge in [0.1, 0.15) is 0 Å². The molecular formula is C12H18N2O2. The molecular weight excluding hydrogens is 204 g/mol. The van der Waals surface area contributed by atoms with Gasteiger partial charge >= 0.3 is 0 Å². The minimum atomic E-state index is -0.416. The molecule has 0 heterocycles. The number of rotatable bonds is 6. The van der Waals surface area contributed by atoms with Crippen LogP contribution in [0.5, 0.6) is 0 Å². The summed E-state index contributed by atoms with van der Waals surface area (Å²) in [7, 11) is 0. The minimum absolute atomic E-state index is 0.197. The van der Waals surface area contributed by atoms with Crippen molar-refractivity contribution in [1.82, 2.24) is 0 Å². The second-order valence-corrected chi connectivity index (χ2v) is 3.65. The van der Waals surface area contributed by atoms with Gasteiger partial charge in [-0.05, 0) is 32.0 Å². The number of hydrogen-bond acceptors (Lipinski definition) is 3. The quantitative estimate of drug-likeness (QED) is 0.768. The molecule has 1 unspecified atom stereocenters. The van der Waals surface area contributed by atoms with E-state index >= 15 is 0 Å². The van der Waals surface area contributed by atoms with Crippen LogP contribution < -0.4 is 11.1 Å². The zero-order valence-corrected chi connectivity index (χ0v) is 9.69. The molecule has 4 nitrogen and oxygen atoms in total. The first-order chi connectivity index (χ1) is 7.63. The molecule has 0 spiro atoms. The zero-order valence-electron chi connectivity index (χ0n) is 9.69. The largest absolute Gasteiger partial charge is 0.380 e. The molecule has 4 heteroatoms. The van der Waals surface area contributed by atoms with Crippen LogP contribution in [0.1, 0.15) is 24.2 Å². The summed E-state index contributed by atoms with van der Waals surface area (Å²) in [5.74, 6) is -0.416. The van der Waals surface area contributed by atoms with E-state index in [1.807, 2.05) is 19.9 Å². The summed E-state index contributed by atoms with van der Waals surface area (Å²) in [5.41, 5.74) is 6.59. The lowest BCUT2D eigenvalue weighted by molar-refractivity contribution is 0.100. The predicted molar refractivity (Wildman–Crippen MR) is 64.5 cm³/mol. The van der Waals surface area contributed by atoms with E-state index in [-0.39, 0.29) is 6.04 Å². The van der Waals surface area contributed by atoms with Crippen molar-refractivity contribution in [2.24, 2.45) is 5.73 Å². The molecule has 1 atom stereocenters. The van der Waals surface area contributed by atoms with Crippen molar-refractivity contribution in [2.75, 3.05) is 18.5 Å². The van der Waals surface area contributed by atoms with Crippen molar-refractivity contribution in [3.8, 4) is 0 Å². The van der Waals surface area contributed by atoms with Gasteiger partial charge in [-0.15, -0.1) is 0 Å². The van der Waals surface area contributed by atoms with Gasteiger partial charge in [-0.1, -0.05) is 6.07 Å². The zero-order chi connectivity index (χ0) is 12.0. The molecule has 3 N–H and O–H groups in total. The second-order valence-electron chi connectivity index (χ2n) is 3.65. The molecule has 0 aliphatic rings. The molecule has 0 saturated heterocycles. The second kappa shape index (κ2) is 6.12. The van der Waals surface area contributed by atoms with Crippen molar-refractivity contribution < 1.29 is 9.53 Å². The highest BCUT2D eigenvalue weighted by Crippen LogP contribution is 2.11. The number of benzene rings is 1. The number of carbonyl (C=O) groups excluding carboxylic acids is 1. The maximum atomic E-state index is 11.0. The van der Waals surface area contributed by atoms with Crippen LogP contribution >= 0.6 is 0 Å². The monoisotopic (exact) mass is 222 g/mol. The Hall–Kier alpha value is -1.55. The van der Waals surface area contributed by atoms with Gasteiger partial charge in [-0.3, -0.25) is 4.79 Å². The average molecular weight is 222 g/mol. The summed E-state index contributed by atoms with van der Waals surface area (Å²) in [5, 5.41) is 3.24. The fourth-order valence-corrected chi connectivity index (χ4v) is 1.38. The van der Waals surface area contributed by atoms with Gasteiger partial charge in [0, 0.05) is 23.9 Å². The molecule has 0 fully saturated rings. The van der Waals surface area contributed by atoms with E-state index in [0.29, 0.717) is 18.8 Å². The van der Waals surface area contributed by atoms with Crippen molar-refractivity contribution in [2.45, 2.75) is 19.9 Å². The summed E-state index contributed by atoms with van der Waals surface area (Å²) in [6.45, 7) is 5.32. The van der Waals surface area contributed by atoms with Gasteiger partial charge in [-0.25, -0.2) is 0 Å². The fraction of sp³-hybridized carbons (Fsp3) is 0.417. The van der Waals surface area contributed by atoms with Crippen LogP contribution in [0.2, 0.25) is 0 Å². The first-order valence-electron chi connectivity index (χ1n) is 5.37. The number of primary amides is 1. The van der Waals surface area contributed by atoms with Crippen LogP contribution in [0.15, 0.2) is 24.3 Å². The van der Waals surface area contributed by atoms with E-state index in [4.69, 9.17) is 10.5 Å². The van der Waals surface area contributed by atoms with Gasteiger partial charge in [0.2, 0.25) is 5.91 Å². The Kier molecular flexibility index (Phi) is 4.79. The van der Waals surface area contributed by atoms with E-state index in [9.17, 15) is 4.79 Å². The van der Waals surface area contributed by atoms with E-state index < -0.39 is 5.91 Å². The number of nitrogens with two attached hydrogens (primary N) is 1. The molecule has 1 aromatic rings. The van der Waals surface area contributed by atoms with Crippen LogP contribution in [0, 0.1) is 0 Å². The van der Waals surface area contributed by atoms with E-state index in [1.54, 1.807) is 18.2 Å². The lowest BCUT2D eigenvalue weighted by Crippen LogP contribution is -2.22. The number of anilines is 1. The molecule has 16 heavy (non-hydrogen) atoms. The molecule has 0 saturated carbocycles. The van der Waals surface area contributed by atoms with Crippen molar-refractivity contribution in [1.29, 1.82) is 0 Å². The topological polar surface area (TPSA) is 64.3 Å². The van der Waals surface area contributed by atoms with Crippen LogP contribution in [0.4, 0.5) is 5.69 Å². The van der Waals surface area contributed by atoms with Crippen molar-refractivity contribution in [3.05, 3.63) is 29.8 Å². The maximum Gasteiger partial charge on any atom is 0.248 e. The maximum absolute atomic E-state index is 11.0. The first kappa shape index (κ1) is 12.5. The summed E-state index contributed by atoms with van der Waals surface area (Å²) < 4.78 is 5.29. The SMILES string of the molecule is CCOCC(C)Nc1cccc(C(N)=O)c1. The third-order valence-electron chi connectivity index (χ3n) is 2.13. The van der Waals surface area contributed by atoms with Gasteiger partial charge < -0.3 is 15.8 Å². The number of carbonyl (C=O) groups is 1. The average Bonchev–Trinajstić information content (AvgIpc) is 2.26. The van der Waals surface area contributed by atoms with E-state index in [2.05, 4.69) is 5.32 Å². The van der Waals surface area contributed by atoms with E-state index in [0.717, 1.165) is 5.69 Å². The van der Waals surface area contributed by atoms with Crippen LogP contribution in [0.25, 0.3) is 0 Å². The summed E-state index contributed by atoms with van der Waals surface area (Å²) >= 11 is 0. The van der Waals surface area contributed by atoms with Crippen molar-refractivity contribution >= 4 is 11.6 Å². The Morgan fingerprint density at radius 2 is 2.31 bits per heavy atom. The van der Waals surface area contributed by atoms with Crippen LogP contribution in [-0.2, 0) is 4.74 Å². The minimum Gasteiger partial charge on any atom is -0.380 e. The predicted octanol–water partition coefficient (Wildman–Crippen LogP) is 1.62. The number of amides is 1. The first-order valence-corrected chi connectivity index (χ1v) is 5.37. The summed E-state index contributed by atoms with van der Waals surface area (Å²) in [4.78, 5) is 11.0. The molecule has 0 radical (unpaired) electrons. The third kappa shape index (κ3) is 3.90. The fourth-order valence-electron chi connectivity index (χ4n) is 1.38. The summed E-state index contributed by atoms with van der Waals surface area (Å²) in [6, 6.07) is 7.33.